The number of benzene rings is 2. The van der Waals surface area contributed by atoms with Crippen molar-refractivity contribution in [3.63, 3.8) is 0 Å². The zero-order chi connectivity index (χ0) is 28.4. The number of nitrogens with zero attached hydrogens (tertiary/aromatic N) is 3. The molecule has 0 saturated heterocycles. The first-order chi connectivity index (χ1) is 18.8. The minimum atomic E-state index is -0.809. The van der Waals surface area contributed by atoms with Crippen molar-refractivity contribution >= 4 is 51.8 Å². The van der Waals surface area contributed by atoms with Gasteiger partial charge in [-0.3, -0.25) is 9.36 Å². The molecule has 0 radical (unpaired) electrons. The number of aryl methyl sites for hydroxylation is 1. The molecule has 2 atom stereocenters. The number of carbonyl (C=O) groups is 2. The van der Waals surface area contributed by atoms with Gasteiger partial charge < -0.3 is 20.7 Å². The van der Waals surface area contributed by atoms with E-state index in [4.69, 9.17) is 38.7 Å². The van der Waals surface area contributed by atoms with Crippen LogP contribution in [0.3, 0.4) is 0 Å². The number of ether oxygens (including phenoxy) is 1. The molecule has 3 N–H and O–H groups in total. The van der Waals surface area contributed by atoms with Crippen LogP contribution in [-0.4, -0.2) is 65.0 Å². The lowest BCUT2D eigenvalue weighted by molar-refractivity contribution is -0.148. The Morgan fingerprint density at radius 2 is 1.79 bits per heavy atom. The molecular weight excluding hydrogens is 537 g/mol. The van der Waals surface area contributed by atoms with Crippen molar-refractivity contribution in [1.82, 2.24) is 14.9 Å². The van der Waals surface area contributed by atoms with Gasteiger partial charge in [0.2, 0.25) is 5.91 Å². The SMILES string of the molecule is CCOC(=O)[C@H](CC(C)C)NC(=O)C(N)CCc1nc2cc(N(CCCl)CCCl)ccc2n1-c1ccccc1. The standard InChI is InChI=1S/C29H39Cl2N5O3/c1-4-39-29(38)25(18-20(2)3)34-28(37)23(32)11-13-27-33-24-19-22(35(16-14-30)17-15-31)10-12-26(24)36(27)21-8-6-5-7-9-21/h5-10,12,19-20,23,25H,4,11,13-18,32H2,1-3H3,(H,34,37)/t23?,25-/m0/s1. The van der Waals surface area contributed by atoms with Crippen molar-refractivity contribution in [2.75, 3.05) is 36.4 Å². The van der Waals surface area contributed by atoms with Crippen LogP contribution < -0.4 is 16.0 Å². The number of nitrogens with two attached hydrogens (primary N) is 1. The van der Waals surface area contributed by atoms with E-state index in [-0.39, 0.29) is 18.4 Å². The number of amides is 1. The summed E-state index contributed by atoms with van der Waals surface area (Å²) < 4.78 is 7.24. The molecule has 1 amide bonds. The van der Waals surface area contributed by atoms with Crippen LogP contribution in [0.15, 0.2) is 48.5 Å². The zero-order valence-corrected chi connectivity index (χ0v) is 24.4. The van der Waals surface area contributed by atoms with Gasteiger partial charge in [-0.2, -0.15) is 0 Å². The molecule has 0 aliphatic carbocycles. The van der Waals surface area contributed by atoms with E-state index in [1.807, 2.05) is 56.3 Å². The molecule has 0 fully saturated rings. The summed E-state index contributed by atoms with van der Waals surface area (Å²) in [6.07, 6.45) is 1.30. The lowest BCUT2D eigenvalue weighted by atomic mass is 10.0. The van der Waals surface area contributed by atoms with E-state index >= 15 is 0 Å². The third kappa shape index (κ3) is 8.34. The van der Waals surface area contributed by atoms with Crippen LogP contribution in [0.1, 0.15) is 39.4 Å². The molecule has 0 spiro atoms. The minimum absolute atomic E-state index is 0.205. The lowest BCUT2D eigenvalue weighted by Crippen LogP contribution is -2.49. The van der Waals surface area contributed by atoms with Gasteiger partial charge in [0.1, 0.15) is 11.9 Å². The fraction of sp³-hybridized carbons (Fsp3) is 0.483. The molecule has 10 heteroatoms. The smallest absolute Gasteiger partial charge is 0.328 e. The molecule has 2 aromatic carbocycles. The van der Waals surface area contributed by atoms with Gasteiger partial charge in [0.25, 0.3) is 0 Å². The van der Waals surface area contributed by atoms with E-state index in [1.165, 1.54) is 0 Å². The topological polar surface area (TPSA) is 102 Å². The van der Waals surface area contributed by atoms with E-state index in [0.29, 0.717) is 44.1 Å². The molecule has 8 nitrogen and oxygen atoms in total. The van der Waals surface area contributed by atoms with E-state index in [0.717, 1.165) is 28.2 Å². The van der Waals surface area contributed by atoms with E-state index in [1.54, 1.807) is 6.92 Å². The molecule has 1 aromatic heterocycles. The number of alkyl halides is 2. The molecule has 3 rings (SSSR count). The summed E-state index contributed by atoms with van der Waals surface area (Å²) in [6, 6.07) is 14.6. The first-order valence-corrected chi connectivity index (χ1v) is 14.5. The summed E-state index contributed by atoms with van der Waals surface area (Å²) in [5, 5.41) is 2.79. The number of anilines is 1. The number of aromatic nitrogens is 2. The Bertz CT molecular complexity index is 1210. The number of rotatable bonds is 15. The third-order valence-corrected chi connectivity index (χ3v) is 6.74. The highest BCUT2D eigenvalue weighted by Crippen LogP contribution is 2.27. The average molecular weight is 577 g/mol. The van der Waals surface area contributed by atoms with Crippen LogP contribution in [0.5, 0.6) is 0 Å². The maximum atomic E-state index is 12.9. The molecule has 0 aliphatic heterocycles. The normalized spacial score (nSPS) is 12.9. The van der Waals surface area contributed by atoms with Gasteiger partial charge in [-0.05, 0) is 56.0 Å². The quantitative estimate of drug-likeness (QED) is 0.202. The van der Waals surface area contributed by atoms with Crippen LogP contribution in [0.4, 0.5) is 5.69 Å². The second-order valence-electron chi connectivity index (χ2n) is 9.82. The van der Waals surface area contributed by atoms with Gasteiger partial charge >= 0.3 is 5.97 Å². The Morgan fingerprint density at radius 1 is 1.10 bits per heavy atom. The molecule has 39 heavy (non-hydrogen) atoms. The van der Waals surface area contributed by atoms with Gasteiger partial charge in [-0.1, -0.05) is 32.0 Å². The van der Waals surface area contributed by atoms with Crippen LogP contribution in [0.25, 0.3) is 16.7 Å². The summed E-state index contributed by atoms with van der Waals surface area (Å²) in [4.78, 5) is 32.4. The number of hydrogen-bond acceptors (Lipinski definition) is 6. The first-order valence-electron chi connectivity index (χ1n) is 13.4. The van der Waals surface area contributed by atoms with Crippen molar-refractivity contribution in [2.45, 2.75) is 52.1 Å². The summed E-state index contributed by atoms with van der Waals surface area (Å²) in [7, 11) is 0. The monoisotopic (exact) mass is 575 g/mol. The second-order valence-corrected chi connectivity index (χ2v) is 10.6. The summed E-state index contributed by atoms with van der Waals surface area (Å²) in [5.41, 5.74) is 10.1. The maximum Gasteiger partial charge on any atom is 0.328 e. The molecule has 0 saturated carbocycles. The molecule has 0 aliphatic rings. The number of fused-ring (bicyclic) bond motifs is 1. The second kappa shape index (κ2) is 15.1. The van der Waals surface area contributed by atoms with Crippen LogP contribution in [0.2, 0.25) is 0 Å². The number of carbonyl (C=O) groups excluding carboxylic acids is 2. The van der Waals surface area contributed by atoms with E-state index < -0.39 is 18.1 Å². The summed E-state index contributed by atoms with van der Waals surface area (Å²) in [5.74, 6) is 1.17. The number of para-hydroxylation sites is 1. The lowest BCUT2D eigenvalue weighted by Gasteiger charge is -2.22. The van der Waals surface area contributed by atoms with Crippen LogP contribution >= 0.6 is 23.2 Å². The van der Waals surface area contributed by atoms with Crippen LogP contribution in [0, 0.1) is 5.92 Å². The fourth-order valence-corrected chi connectivity index (χ4v) is 4.95. The molecule has 3 aromatic rings. The average Bonchev–Trinajstić information content (AvgIpc) is 3.29. The van der Waals surface area contributed by atoms with Gasteiger partial charge in [-0.25, -0.2) is 9.78 Å². The minimum Gasteiger partial charge on any atom is -0.464 e. The highest BCUT2D eigenvalue weighted by atomic mass is 35.5. The maximum absolute atomic E-state index is 12.9. The Morgan fingerprint density at radius 3 is 2.41 bits per heavy atom. The number of esters is 1. The number of imidazole rings is 1. The molecule has 1 unspecified atom stereocenters. The first kappa shape index (κ1) is 30.7. The Kier molecular flexibility index (Phi) is 11.9. The highest BCUT2D eigenvalue weighted by molar-refractivity contribution is 6.18. The summed E-state index contributed by atoms with van der Waals surface area (Å²) >= 11 is 12.0. The predicted molar refractivity (Wildman–Crippen MR) is 159 cm³/mol. The summed E-state index contributed by atoms with van der Waals surface area (Å²) in [6.45, 7) is 7.33. The third-order valence-electron chi connectivity index (χ3n) is 6.41. The number of halogens is 2. The number of hydrogen-bond donors (Lipinski definition) is 2. The van der Waals surface area contributed by atoms with Crippen molar-refractivity contribution in [3.8, 4) is 5.69 Å². The Balaban J connectivity index is 1.85. The Hall–Kier alpha value is -2.81. The van der Waals surface area contributed by atoms with Gasteiger partial charge in [0.05, 0.1) is 23.7 Å². The van der Waals surface area contributed by atoms with Crippen molar-refractivity contribution < 1.29 is 14.3 Å². The molecule has 212 valence electrons. The predicted octanol–water partition coefficient (Wildman–Crippen LogP) is 4.66. The van der Waals surface area contributed by atoms with Crippen molar-refractivity contribution in [1.29, 1.82) is 0 Å². The van der Waals surface area contributed by atoms with Gasteiger partial charge in [0.15, 0.2) is 0 Å². The zero-order valence-electron chi connectivity index (χ0n) is 22.9. The fourth-order valence-electron chi connectivity index (χ4n) is 4.54. The van der Waals surface area contributed by atoms with Crippen molar-refractivity contribution in [2.24, 2.45) is 11.7 Å². The largest absolute Gasteiger partial charge is 0.464 e. The van der Waals surface area contributed by atoms with Gasteiger partial charge in [-0.15, -0.1) is 23.2 Å². The van der Waals surface area contributed by atoms with Crippen molar-refractivity contribution in [3.05, 3.63) is 54.4 Å². The van der Waals surface area contributed by atoms with Gasteiger partial charge in [0, 0.05) is 42.6 Å². The number of nitrogens with one attached hydrogen (secondary N) is 1. The molecule has 0 bridgehead atoms. The molecule has 1 heterocycles. The van der Waals surface area contributed by atoms with E-state index in [2.05, 4.69) is 20.9 Å². The molecular formula is C29H39Cl2N5O3. The van der Waals surface area contributed by atoms with E-state index in [9.17, 15) is 9.59 Å². The van der Waals surface area contributed by atoms with Crippen LogP contribution in [-0.2, 0) is 20.7 Å². The highest BCUT2D eigenvalue weighted by Gasteiger charge is 2.26. The Labute approximate surface area is 240 Å².